The molecule has 9 aromatic carbocycles. The number of hydrogen-bond donors (Lipinski definition) is 0. The molecular formula is C52H33NOS. The summed E-state index contributed by atoms with van der Waals surface area (Å²) in [5.41, 5.74) is 9.94. The van der Waals surface area contributed by atoms with E-state index in [-0.39, 0.29) is 0 Å². The first-order valence-electron chi connectivity index (χ1n) is 18.7. The Morgan fingerprint density at radius 2 is 0.873 bits per heavy atom. The van der Waals surface area contributed by atoms with Gasteiger partial charge in [0.25, 0.3) is 0 Å². The predicted octanol–water partition coefficient (Wildman–Crippen LogP) is 15.6. The lowest BCUT2D eigenvalue weighted by molar-refractivity contribution is 0.636. The number of thiophene rings is 1. The Bertz CT molecular complexity index is 3180. The lowest BCUT2D eigenvalue weighted by Gasteiger charge is -2.26. The van der Waals surface area contributed by atoms with Crippen LogP contribution in [0.2, 0.25) is 0 Å². The molecule has 2 nitrogen and oxygen atoms in total. The fourth-order valence-corrected chi connectivity index (χ4v) is 9.55. The topological polar surface area (TPSA) is 16.4 Å². The Kier molecular flexibility index (Phi) is 7.39. The molecule has 2 aromatic heterocycles. The van der Waals surface area contributed by atoms with Crippen molar-refractivity contribution >= 4 is 81.1 Å². The van der Waals surface area contributed by atoms with Gasteiger partial charge in [0.2, 0.25) is 0 Å². The van der Waals surface area contributed by atoms with Crippen LogP contribution >= 0.6 is 11.3 Å². The lowest BCUT2D eigenvalue weighted by Crippen LogP contribution is -2.10. The van der Waals surface area contributed by atoms with Gasteiger partial charge in [-0.05, 0) is 81.4 Å². The van der Waals surface area contributed by atoms with Crippen LogP contribution in [0.15, 0.2) is 205 Å². The van der Waals surface area contributed by atoms with Gasteiger partial charge >= 0.3 is 0 Å². The second kappa shape index (κ2) is 12.9. The summed E-state index contributed by atoms with van der Waals surface area (Å²) in [5.74, 6) is 0.875. The number of furan rings is 1. The molecule has 0 aliphatic heterocycles. The second-order valence-electron chi connectivity index (χ2n) is 14.0. The highest BCUT2D eigenvalue weighted by atomic mass is 32.1. The van der Waals surface area contributed by atoms with Crippen molar-refractivity contribution in [2.45, 2.75) is 0 Å². The summed E-state index contributed by atoms with van der Waals surface area (Å²) < 4.78 is 9.62. The van der Waals surface area contributed by atoms with Crippen molar-refractivity contribution in [2.75, 3.05) is 4.90 Å². The van der Waals surface area contributed by atoms with Crippen LogP contribution in [0, 0.1) is 0 Å². The molecule has 0 saturated carbocycles. The van der Waals surface area contributed by atoms with Crippen molar-refractivity contribution in [3.05, 3.63) is 200 Å². The molecule has 0 N–H and O–H groups in total. The number of fused-ring (bicyclic) bond motifs is 9. The minimum Gasteiger partial charge on any atom is -0.455 e. The van der Waals surface area contributed by atoms with E-state index in [0.29, 0.717) is 0 Å². The minimum atomic E-state index is 0.875. The van der Waals surface area contributed by atoms with E-state index in [2.05, 4.69) is 205 Å². The third kappa shape index (κ3) is 5.16. The summed E-state index contributed by atoms with van der Waals surface area (Å²) in [5, 5.41) is 8.46. The quantitative estimate of drug-likeness (QED) is 0.159. The highest BCUT2D eigenvalue weighted by molar-refractivity contribution is 7.26. The molecule has 0 aliphatic rings. The summed E-state index contributed by atoms with van der Waals surface area (Å²) in [6.07, 6.45) is 0. The Balaban J connectivity index is 1.11. The van der Waals surface area contributed by atoms with E-state index in [1.54, 1.807) is 0 Å². The zero-order valence-corrected chi connectivity index (χ0v) is 30.6. The Hall–Kier alpha value is -6.94. The van der Waals surface area contributed by atoms with Crippen molar-refractivity contribution in [1.82, 2.24) is 0 Å². The lowest BCUT2D eigenvalue weighted by atomic mass is 9.92. The molecule has 0 unspecified atom stereocenters. The second-order valence-corrected chi connectivity index (χ2v) is 15.1. The third-order valence-corrected chi connectivity index (χ3v) is 12.1. The smallest absolute Gasteiger partial charge is 0.143 e. The zero-order valence-electron chi connectivity index (χ0n) is 29.8. The fourth-order valence-electron chi connectivity index (χ4n) is 8.34. The van der Waals surface area contributed by atoms with Crippen molar-refractivity contribution < 1.29 is 4.42 Å². The standard InChI is InChI=1S/C52H33NOS/c1-3-14-34(15-4-1)35-26-30-38(31-27-35)53(46-24-13-23-45-42-20-11-12-25-47(42)55-52(45)46)39-32-28-37(29-33-39)50-48(36-16-5-2-6-17-36)49-43-21-9-7-18-40(43)41-19-8-10-22-44(41)51(49)54-50/h1-33H. The van der Waals surface area contributed by atoms with Gasteiger partial charge in [-0.2, -0.15) is 0 Å². The van der Waals surface area contributed by atoms with Crippen LogP contribution in [0.4, 0.5) is 17.1 Å². The average molecular weight is 720 g/mol. The van der Waals surface area contributed by atoms with Crippen LogP contribution in [0.5, 0.6) is 0 Å². The first-order valence-corrected chi connectivity index (χ1v) is 19.5. The molecular weight excluding hydrogens is 687 g/mol. The first kappa shape index (κ1) is 31.6. The first-order chi connectivity index (χ1) is 27.3. The van der Waals surface area contributed by atoms with Crippen LogP contribution in [0.1, 0.15) is 0 Å². The maximum Gasteiger partial charge on any atom is 0.143 e. The van der Waals surface area contributed by atoms with Crippen LogP contribution < -0.4 is 4.90 Å². The van der Waals surface area contributed by atoms with Gasteiger partial charge < -0.3 is 9.32 Å². The number of nitrogens with zero attached hydrogens (tertiary/aromatic N) is 1. The van der Waals surface area contributed by atoms with Crippen molar-refractivity contribution in [3.63, 3.8) is 0 Å². The van der Waals surface area contributed by atoms with E-state index in [4.69, 9.17) is 4.42 Å². The molecule has 0 aliphatic carbocycles. The minimum absolute atomic E-state index is 0.875. The zero-order chi connectivity index (χ0) is 36.3. The summed E-state index contributed by atoms with van der Waals surface area (Å²) in [4.78, 5) is 2.40. The SMILES string of the molecule is c1ccc(-c2ccc(N(c3ccc(-c4oc5c6ccccc6c6ccccc6c5c4-c4ccccc4)cc3)c3cccc4c3sc3ccccc34)cc2)cc1. The molecule has 0 bridgehead atoms. The monoisotopic (exact) mass is 719 g/mol. The third-order valence-electron chi connectivity index (χ3n) is 10.9. The Morgan fingerprint density at radius 3 is 1.56 bits per heavy atom. The normalized spacial score (nSPS) is 11.6. The molecule has 258 valence electrons. The van der Waals surface area contributed by atoms with Gasteiger partial charge in [-0.25, -0.2) is 0 Å². The highest BCUT2D eigenvalue weighted by Crippen LogP contribution is 2.49. The molecule has 2 heterocycles. The Labute approximate surface area is 322 Å². The van der Waals surface area contributed by atoms with Crippen molar-refractivity contribution in [3.8, 4) is 33.6 Å². The Morgan fingerprint density at radius 1 is 0.364 bits per heavy atom. The van der Waals surface area contributed by atoms with Crippen LogP contribution in [-0.4, -0.2) is 0 Å². The summed E-state index contributed by atoms with van der Waals surface area (Å²) in [7, 11) is 0. The van der Waals surface area contributed by atoms with E-state index in [0.717, 1.165) is 55.9 Å². The van der Waals surface area contributed by atoms with E-state index < -0.39 is 0 Å². The molecule has 0 radical (unpaired) electrons. The van der Waals surface area contributed by atoms with E-state index in [1.165, 1.54) is 47.5 Å². The van der Waals surface area contributed by atoms with E-state index in [1.807, 2.05) is 11.3 Å². The highest BCUT2D eigenvalue weighted by Gasteiger charge is 2.24. The average Bonchev–Trinajstić information content (AvgIpc) is 3.86. The van der Waals surface area contributed by atoms with Gasteiger partial charge in [0.05, 0.1) is 10.4 Å². The molecule has 11 rings (SSSR count). The van der Waals surface area contributed by atoms with Crippen molar-refractivity contribution in [1.29, 1.82) is 0 Å². The molecule has 0 fully saturated rings. The van der Waals surface area contributed by atoms with Gasteiger partial charge in [0, 0.05) is 48.7 Å². The van der Waals surface area contributed by atoms with E-state index >= 15 is 0 Å². The van der Waals surface area contributed by atoms with Crippen LogP contribution in [-0.2, 0) is 0 Å². The fraction of sp³-hybridized carbons (Fsp3) is 0. The summed E-state index contributed by atoms with van der Waals surface area (Å²) in [6, 6.07) is 71.8. The molecule has 0 amide bonds. The van der Waals surface area contributed by atoms with Crippen LogP contribution in [0.3, 0.4) is 0 Å². The summed E-state index contributed by atoms with van der Waals surface area (Å²) >= 11 is 1.85. The van der Waals surface area contributed by atoms with Gasteiger partial charge in [-0.3, -0.25) is 0 Å². The van der Waals surface area contributed by atoms with Gasteiger partial charge in [-0.15, -0.1) is 11.3 Å². The maximum absolute atomic E-state index is 7.07. The number of hydrogen-bond acceptors (Lipinski definition) is 3. The van der Waals surface area contributed by atoms with Gasteiger partial charge in [0.1, 0.15) is 11.3 Å². The summed E-state index contributed by atoms with van der Waals surface area (Å²) in [6.45, 7) is 0. The predicted molar refractivity (Wildman–Crippen MR) is 235 cm³/mol. The molecule has 0 atom stereocenters. The molecule has 0 saturated heterocycles. The maximum atomic E-state index is 7.07. The number of rotatable bonds is 6. The van der Waals surface area contributed by atoms with Crippen LogP contribution in [0.25, 0.3) is 86.3 Å². The molecule has 0 spiro atoms. The van der Waals surface area contributed by atoms with Gasteiger partial charge in [0.15, 0.2) is 0 Å². The molecule has 55 heavy (non-hydrogen) atoms. The van der Waals surface area contributed by atoms with E-state index in [9.17, 15) is 0 Å². The molecule has 11 aromatic rings. The van der Waals surface area contributed by atoms with Gasteiger partial charge in [-0.1, -0.05) is 152 Å². The van der Waals surface area contributed by atoms with Crippen molar-refractivity contribution in [2.24, 2.45) is 0 Å². The number of benzene rings is 9. The molecule has 3 heteroatoms. The number of anilines is 3. The largest absolute Gasteiger partial charge is 0.455 e.